The summed E-state index contributed by atoms with van der Waals surface area (Å²) >= 11 is 0. The lowest BCUT2D eigenvalue weighted by molar-refractivity contribution is -0.147. The minimum atomic E-state index is -1.37. The zero-order valence-corrected chi connectivity index (χ0v) is 22.3. The fourth-order valence-electron chi connectivity index (χ4n) is 5.57. The van der Waals surface area contributed by atoms with E-state index < -0.39 is 18.1 Å². The third-order valence-electron chi connectivity index (χ3n) is 7.66. The number of carbonyl (C=O) groups is 2. The molecular weight excluding hydrogens is 478 g/mol. The molecule has 1 heterocycles. The lowest BCUT2D eigenvalue weighted by Gasteiger charge is -2.46. The molecule has 3 N–H and O–H groups in total. The van der Waals surface area contributed by atoms with E-state index in [4.69, 9.17) is 10.6 Å². The lowest BCUT2D eigenvalue weighted by atomic mass is 9.83. The van der Waals surface area contributed by atoms with Crippen LogP contribution in [-0.2, 0) is 14.3 Å². The molecule has 1 aliphatic heterocycles. The summed E-state index contributed by atoms with van der Waals surface area (Å²) in [7, 11) is 0. The van der Waals surface area contributed by atoms with E-state index in [1.54, 1.807) is 4.90 Å². The van der Waals surface area contributed by atoms with Crippen LogP contribution in [0.3, 0.4) is 0 Å². The van der Waals surface area contributed by atoms with E-state index in [9.17, 15) is 14.7 Å². The zero-order chi connectivity index (χ0) is 27.2. The van der Waals surface area contributed by atoms with Crippen molar-refractivity contribution in [2.24, 2.45) is 11.8 Å². The number of esters is 1. The highest BCUT2D eigenvalue weighted by Crippen LogP contribution is 2.37. The summed E-state index contributed by atoms with van der Waals surface area (Å²) in [5, 5.41) is 12.3. The number of benzene rings is 2. The van der Waals surface area contributed by atoms with Crippen molar-refractivity contribution in [3.8, 4) is 0 Å². The number of aliphatic hydroxyl groups excluding tert-OH is 1. The topological polar surface area (TPSA) is 96.1 Å². The molecule has 2 unspecified atom stereocenters. The number of ether oxygens (including phenoxy) is 1. The molecule has 2 aromatic carbocycles. The lowest BCUT2D eigenvalue weighted by Crippen LogP contribution is -2.61. The smallest absolute Gasteiger partial charge is 0.314 e. The number of carbonyl (C=O) groups excluding carboxylic acids is 2. The summed E-state index contributed by atoms with van der Waals surface area (Å²) in [5.41, 5.74) is 2.08. The summed E-state index contributed by atoms with van der Waals surface area (Å²) in [6.45, 7) is 7.93. The van der Waals surface area contributed by atoms with Crippen LogP contribution in [0.2, 0.25) is 0 Å². The molecule has 4 rings (SSSR count). The summed E-state index contributed by atoms with van der Waals surface area (Å²) in [6, 6.07) is 19.5. The zero-order valence-electron chi connectivity index (χ0n) is 22.3. The number of rotatable bonds is 8. The highest BCUT2D eigenvalue weighted by Gasteiger charge is 2.44. The Morgan fingerprint density at radius 1 is 1.03 bits per heavy atom. The van der Waals surface area contributed by atoms with Crippen molar-refractivity contribution in [1.29, 1.82) is 0 Å². The maximum atomic E-state index is 13.8. The molecule has 7 nitrogen and oxygen atoms in total. The Bertz CT molecular complexity index is 1100. The number of hydrogen-bond donors (Lipinski definition) is 2. The number of aliphatic hydroxyl groups is 1. The second kappa shape index (κ2) is 12.4. The first kappa shape index (κ1) is 27.6. The summed E-state index contributed by atoms with van der Waals surface area (Å²) in [4.78, 5) is 28.7. The van der Waals surface area contributed by atoms with Gasteiger partial charge in [-0.1, -0.05) is 86.0 Å². The molecule has 2 fully saturated rings. The maximum absolute atomic E-state index is 13.8. The molecule has 0 aromatic heterocycles. The number of hydrogen-bond acceptors (Lipinski definition) is 6. The van der Waals surface area contributed by atoms with Crippen LogP contribution in [-0.4, -0.2) is 51.6 Å². The molecule has 2 aromatic rings. The van der Waals surface area contributed by atoms with Crippen molar-refractivity contribution in [3.63, 3.8) is 0 Å². The van der Waals surface area contributed by atoms with E-state index in [1.807, 2.05) is 74.5 Å². The van der Waals surface area contributed by atoms with Gasteiger partial charge in [0.2, 0.25) is 0 Å². The molecule has 1 amide bonds. The highest BCUT2D eigenvalue weighted by molar-refractivity contribution is 5.95. The average Bonchev–Trinajstić information content (AvgIpc) is 2.94. The average molecular weight is 518 g/mol. The quantitative estimate of drug-likeness (QED) is 0.176. The molecule has 0 spiro atoms. The van der Waals surface area contributed by atoms with Crippen molar-refractivity contribution >= 4 is 11.9 Å². The van der Waals surface area contributed by atoms with Gasteiger partial charge in [0.1, 0.15) is 6.10 Å². The van der Waals surface area contributed by atoms with E-state index >= 15 is 0 Å². The van der Waals surface area contributed by atoms with Gasteiger partial charge in [-0.15, -0.1) is 6.58 Å². The van der Waals surface area contributed by atoms with Crippen LogP contribution in [0.1, 0.15) is 63.0 Å². The van der Waals surface area contributed by atoms with E-state index in [0.29, 0.717) is 6.54 Å². The predicted octanol–water partition coefficient (Wildman–Crippen LogP) is 4.50. The van der Waals surface area contributed by atoms with Crippen LogP contribution >= 0.6 is 0 Å². The van der Waals surface area contributed by atoms with Crippen LogP contribution in [0.5, 0.6) is 0 Å². The Morgan fingerprint density at radius 2 is 1.58 bits per heavy atom. The Kier molecular flexibility index (Phi) is 9.02. The van der Waals surface area contributed by atoms with Crippen LogP contribution < -0.4 is 5.84 Å². The van der Waals surface area contributed by atoms with E-state index in [2.05, 4.69) is 6.58 Å². The summed E-state index contributed by atoms with van der Waals surface area (Å²) in [5.74, 6) is 5.36. The first-order valence-corrected chi connectivity index (χ1v) is 13.5. The van der Waals surface area contributed by atoms with Crippen molar-refractivity contribution in [3.05, 3.63) is 95.9 Å². The Labute approximate surface area is 225 Å². The normalized spacial score (nSPS) is 21.0. The van der Waals surface area contributed by atoms with E-state index in [1.165, 1.54) is 11.1 Å². The van der Waals surface area contributed by atoms with Crippen LogP contribution in [0.15, 0.2) is 84.8 Å². The number of hydrazine groups is 1. The number of piperazine rings is 1. The summed E-state index contributed by atoms with van der Waals surface area (Å²) in [6.07, 6.45) is 4.35. The predicted molar refractivity (Wildman–Crippen MR) is 147 cm³/mol. The molecule has 0 radical (unpaired) electrons. The molecule has 202 valence electrons. The van der Waals surface area contributed by atoms with Gasteiger partial charge in [0, 0.05) is 18.5 Å². The summed E-state index contributed by atoms with van der Waals surface area (Å²) < 4.78 is 5.84. The van der Waals surface area contributed by atoms with Gasteiger partial charge in [-0.2, -0.15) is 0 Å². The molecule has 1 aliphatic carbocycles. The van der Waals surface area contributed by atoms with Crippen LogP contribution in [0, 0.1) is 5.92 Å². The molecule has 2 atom stereocenters. The highest BCUT2D eigenvalue weighted by atomic mass is 16.5. The van der Waals surface area contributed by atoms with Crippen molar-refractivity contribution in [2.45, 2.75) is 70.1 Å². The minimum Gasteiger partial charge on any atom is -0.425 e. The molecule has 7 heteroatoms. The monoisotopic (exact) mass is 517 g/mol. The third-order valence-corrected chi connectivity index (χ3v) is 7.66. The first-order valence-electron chi connectivity index (χ1n) is 13.5. The fourth-order valence-corrected chi connectivity index (χ4v) is 5.57. The second-order valence-corrected chi connectivity index (χ2v) is 10.5. The largest absolute Gasteiger partial charge is 0.425 e. The van der Waals surface area contributed by atoms with Gasteiger partial charge in [0.25, 0.3) is 5.91 Å². The molecular formula is C31H39N3O4. The van der Waals surface area contributed by atoms with Gasteiger partial charge in [-0.3, -0.25) is 14.6 Å². The van der Waals surface area contributed by atoms with Crippen molar-refractivity contribution in [2.75, 3.05) is 6.54 Å². The molecule has 1 saturated heterocycles. The van der Waals surface area contributed by atoms with Gasteiger partial charge in [-0.25, -0.2) is 5.84 Å². The molecule has 0 bridgehead atoms. The van der Waals surface area contributed by atoms with Crippen LogP contribution in [0.4, 0.5) is 0 Å². The number of nitrogens with zero attached hydrogens (tertiary/aromatic N) is 2. The number of amides is 1. The van der Waals surface area contributed by atoms with Gasteiger partial charge in [0.15, 0.2) is 11.5 Å². The minimum absolute atomic E-state index is 0.0108. The third kappa shape index (κ3) is 5.84. The van der Waals surface area contributed by atoms with Gasteiger partial charge >= 0.3 is 5.97 Å². The molecule has 2 aliphatic rings. The van der Waals surface area contributed by atoms with Crippen LogP contribution in [0.25, 0.3) is 0 Å². The van der Waals surface area contributed by atoms with E-state index in [0.717, 1.165) is 43.2 Å². The maximum Gasteiger partial charge on any atom is 0.314 e. The van der Waals surface area contributed by atoms with E-state index in [-0.39, 0.29) is 35.2 Å². The first-order chi connectivity index (χ1) is 18.3. The van der Waals surface area contributed by atoms with Crippen molar-refractivity contribution in [1.82, 2.24) is 9.91 Å². The SMILES string of the molecule is C=CC(O)/C(OC(=O)C1CCCCC1)=C1/C(=O)N(C(C)C)CC(C(c2ccccc2)c2ccccc2)N1N. The van der Waals surface area contributed by atoms with Crippen molar-refractivity contribution < 1.29 is 19.4 Å². The number of nitrogens with two attached hydrogens (primary N) is 1. The molecule has 1 saturated carbocycles. The Morgan fingerprint density at radius 3 is 2.08 bits per heavy atom. The molecule has 38 heavy (non-hydrogen) atoms. The standard InChI is InChI=1S/C31H39N3O4/c1-4-26(35)29(38-31(37)24-18-12-7-13-19-24)28-30(36)33(21(2)3)20-25(34(28)32)27(22-14-8-5-9-15-22)23-16-10-6-11-17-23/h4-6,8-11,14-17,21,24-27,35H,1,7,12-13,18-20,32H2,2-3H3/b29-28+. The Balaban J connectivity index is 1.83. The van der Waals surface area contributed by atoms with Gasteiger partial charge in [-0.05, 0) is 37.8 Å². The Hall–Kier alpha value is -3.42. The van der Waals surface area contributed by atoms with Gasteiger partial charge < -0.3 is 14.7 Å². The van der Waals surface area contributed by atoms with Gasteiger partial charge in [0.05, 0.1) is 12.0 Å². The second-order valence-electron chi connectivity index (χ2n) is 10.5. The fraction of sp³-hybridized carbons (Fsp3) is 0.419.